The summed E-state index contributed by atoms with van der Waals surface area (Å²) in [5, 5.41) is 3.14. The number of hydrogen-bond acceptors (Lipinski definition) is 4. The Kier molecular flexibility index (Phi) is 7.93. The summed E-state index contributed by atoms with van der Waals surface area (Å²) in [6.07, 6.45) is 9.99. The van der Waals surface area contributed by atoms with E-state index < -0.39 is 10.0 Å². The van der Waals surface area contributed by atoms with Gasteiger partial charge in [-0.05, 0) is 63.9 Å². The van der Waals surface area contributed by atoms with Gasteiger partial charge in [-0.25, -0.2) is 8.42 Å². The number of sulfonamides is 1. The van der Waals surface area contributed by atoms with E-state index in [1.165, 1.54) is 19.3 Å². The summed E-state index contributed by atoms with van der Waals surface area (Å²) in [4.78, 5) is 15.0. The first-order valence-electron chi connectivity index (χ1n) is 11.4. The molecule has 1 saturated carbocycles. The van der Waals surface area contributed by atoms with Crippen LogP contribution in [0.25, 0.3) is 0 Å². The van der Waals surface area contributed by atoms with Crippen molar-refractivity contribution in [3.8, 4) is 0 Å². The molecule has 0 aromatic heterocycles. The molecule has 0 radical (unpaired) electrons. The van der Waals surface area contributed by atoms with Crippen molar-refractivity contribution in [3.05, 3.63) is 29.8 Å². The van der Waals surface area contributed by atoms with Gasteiger partial charge in [0.1, 0.15) is 0 Å². The number of carbonyl (C=O) groups excluding carboxylic acids is 1. The van der Waals surface area contributed by atoms with Crippen LogP contribution < -0.4 is 5.32 Å². The molecular formula is C23H37N3O3S. The molecule has 1 aliphatic heterocycles. The summed E-state index contributed by atoms with van der Waals surface area (Å²) in [6.45, 7) is 1.92. The summed E-state index contributed by atoms with van der Waals surface area (Å²) in [5.74, 6) is 0.0619. The molecule has 168 valence electrons. The molecule has 1 heterocycles. The van der Waals surface area contributed by atoms with Gasteiger partial charge in [0.15, 0.2) is 0 Å². The molecule has 1 aliphatic carbocycles. The van der Waals surface area contributed by atoms with Gasteiger partial charge in [-0.15, -0.1) is 0 Å². The topological polar surface area (TPSA) is 69.7 Å². The smallest absolute Gasteiger partial charge is 0.243 e. The number of nitrogens with one attached hydrogen (secondary N) is 1. The van der Waals surface area contributed by atoms with Crippen LogP contribution >= 0.6 is 0 Å². The summed E-state index contributed by atoms with van der Waals surface area (Å²) in [7, 11) is 0.819. The second-order valence-corrected chi connectivity index (χ2v) is 11.0. The van der Waals surface area contributed by atoms with E-state index in [1.807, 2.05) is 12.1 Å². The van der Waals surface area contributed by atoms with Crippen molar-refractivity contribution >= 4 is 15.9 Å². The molecule has 2 aliphatic rings. The third-order valence-electron chi connectivity index (χ3n) is 6.86. The van der Waals surface area contributed by atoms with Crippen LogP contribution in [-0.2, 0) is 21.2 Å². The van der Waals surface area contributed by atoms with E-state index in [2.05, 4.69) is 24.3 Å². The monoisotopic (exact) mass is 435 g/mol. The first kappa shape index (κ1) is 23.2. The van der Waals surface area contributed by atoms with Crippen LogP contribution in [0.2, 0.25) is 0 Å². The molecule has 1 aromatic carbocycles. The summed E-state index contributed by atoms with van der Waals surface area (Å²) < 4.78 is 27.1. The SMILES string of the molecule is CN(C)C1(CNC(=O)CCc2ccc(S(=O)(=O)N3CCCCC3)cc2)CCCCC1. The van der Waals surface area contributed by atoms with Crippen molar-refractivity contribution in [2.75, 3.05) is 33.7 Å². The predicted octanol–water partition coefficient (Wildman–Crippen LogP) is 3.17. The van der Waals surface area contributed by atoms with Gasteiger partial charge in [0.25, 0.3) is 0 Å². The maximum atomic E-state index is 12.7. The minimum atomic E-state index is -3.40. The maximum absolute atomic E-state index is 12.7. The van der Waals surface area contributed by atoms with E-state index in [0.717, 1.165) is 37.7 Å². The molecule has 0 spiro atoms. The molecule has 0 bridgehead atoms. The Balaban J connectivity index is 1.50. The number of amides is 1. The highest BCUT2D eigenvalue weighted by Crippen LogP contribution is 2.31. The molecule has 6 nitrogen and oxygen atoms in total. The van der Waals surface area contributed by atoms with Crippen molar-refractivity contribution < 1.29 is 13.2 Å². The van der Waals surface area contributed by atoms with Crippen LogP contribution in [0.15, 0.2) is 29.2 Å². The highest BCUT2D eigenvalue weighted by Gasteiger charge is 2.34. The number of piperidine rings is 1. The summed E-state index contributed by atoms with van der Waals surface area (Å²) in [6, 6.07) is 7.04. The molecule has 1 N–H and O–H groups in total. The molecule has 1 saturated heterocycles. The van der Waals surface area contributed by atoms with Crippen molar-refractivity contribution in [3.63, 3.8) is 0 Å². The Morgan fingerprint density at radius 3 is 2.20 bits per heavy atom. The average molecular weight is 436 g/mol. The molecule has 1 amide bonds. The molecular weight excluding hydrogens is 398 g/mol. The summed E-state index contributed by atoms with van der Waals surface area (Å²) >= 11 is 0. The van der Waals surface area contributed by atoms with Gasteiger partial charge in [0.2, 0.25) is 15.9 Å². The lowest BCUT2D eigenvalue weighted by molar-refractivity contribution is -0.121. The molecule has 0 unspecified atom stereocenters. The van der Waals surface area contributed by atoms with E-state index in [4.69, 9.17) is 0 Å². The van der Waals surface area contributed by atoms with Crippen LogP contribution in [0.5, 0.6) is 0 Å². The maximum Gasteiger partial charge on any atom is 0.243 e. The van der Waals surface area contributed by atoms with E-state index in [9.17, 15) is 13.2 Å². The lowest BCUT2D eigenvalue weighted by Crippen LogP contribution is -2.53. The fraction of sp³-hybridized carbons (Fsp3) is 0.696. The summed E-state index contributed by atoms with van der Waals surface area (Å²) in [5.41, 5.74) is 1.07. The zero-order valence-corrected chi connectivity index (χ0v) is 19.3. The van der Waals surface area contributed by atoms with E-state index in [1.54, 1.807) is 16.4 Å². The van der Waals surface area contributed by atoms with Gasteiger partial charge in [-0.1, -0.05) is 37.8 Å². The average Bonchev–Trinajstić information content (AvgIpc) is 2.77. The van der Waals surface area contributed by atoms with Crippen molar-refractivity contribution in [2.24, 2.45) is 0 Å². The van der Waals surface area contributed by atoms with E-state index in [0.29, 0.717) is 37.4 Å². The molecule has 2 fully saturated rings. The minimum absolute atomic E-state index is 0.0619. The molecule has 1 aromatic rings. The van der Waals surface area contributed by atoms with Crippen LogP contribution in [0, 0.1) is 0 Å². The lowest BCUT2D eigenvalue weighted by Gasteiger charge is -2.43. The van der Waals surface area contributed by atoms with E-state index >= 15 is 0 Å². The minimum Gasteiger partial charge on any atom is -0.354 e. The normalized spacial score (nSPS) is 20.2. The van der Waals surface area contributed by atoms with Crippen molar-refractivity contribution in [1.29, 1.82) is 0 Å². The van der Waals surface area contributed by atoms with Crippen molar-refractivity contribution in [2.45, 2.75) is 74.6 Å². The number of likely N-dealkylation sites (N-methyl/N-ethyl adjacent to an activating group) is 1. The van der Waals surface area contributed by atoms with Crippen LogP contribution in [0.1, 0.15) is 63.4 Å². The Hall–Kier alpha value is -1.44. The van der Waals surface area contributed by atoms with Gasteiger partial charge in [0.05, 0.1) is 4.90 Å². The Morgan fingerprint density at radius 1 is 1.00 bits per heavy atom. The second-order valence-electron chi connectivity index (χ2n) is 9.06. The van der Waals surface area contributed by atoms with Gasteiger partial charge in [-0.2, -0.15) is 4.31 Å². The predicted molar refractivity (Wildman–Crippen MR) is 120 cm³/mol. The zero-order chi connectivity index (χ0) is 21.6. The first-order valence-corrected chi connectivity index (χ1v) is 12.8. The van der Waals surface area contributed by atoms with Crippen LogP contribution in [-0.4, -0.2) is 62.8 Å². The first-order chi connectivity index (χ1) is 14.3. The van der Waals surface area contributed by atoms with Crippen LogP contribution in [0.4, 0.5) is 0 Å². The standard InChI is InChI=1S/C23H37N3O3S/c1-25(2)23(15-5-3-6-16-23)19-24-22(27)14-11-20-9-12-21(13-10-20)30(28,29)26-17-7-4-8-18-26/h9-10,12-13H,3-8,11,14-19H2,1-2H3,(H,24,27). The zero-order valence-electron chi connectivity index (χ0n) is 18.5. The second kappa shape index (κ2) is 10.2. The molecule has 0 atom stereocenters. The van der Waals surface area contributed by atoms with E-state index in [-0.39, 0.29) is 11.4 Å². The van der Waals surface area contributed by atoms with Gasteiger partial charge < -0.3 is 10.2 Å². The van der Waals surface area contributed by atoms with Crippen molar-refractivity contribution in [1.82, 2.24) is 14.5 Å². The number of carbonyl (C=O) groups is 1. The van der Waals surface area contributed by atoms with Gasteiger partial charge in [0, 0.05) is 31.6 Å². The van der Waals surface area contributed by atoms with Crippen LogP contribution in [0.3, 0.4) is 0 Å². The third-order valence-corrected chi connectivity index (χ3v) is 8.78. The number of benzene rings is 1. The Morgan fingerprint density at radius 2 is 1.60 bits per heavy atom. The lowest BCUT2D eigenvalue weighted by atomic mass is 9.80. The fourth-order valence-corrected chi connectivity index (χ4v) is 6.20. The highest BCUT2D eigenvalue weighted by atomic mass is 32.2. The Labute approximate surface area is 182 Å². The number of rotatable bonds is 8. The highest BCUT2D eigenvalue weighted by molar-refractivity contribution is 7.89. The molecule has 7 heteroatoms. The van der Waals surface area contributed by atoms with Gasteiger partial charge in [-0.3, -0.25) is 4.79 Å². The quantitative estimate of drug-likeness (QED) is 0.681. The Bertz CT molecular complexity index is 793. The molecule has 30 heavy (non-hydrogen) atoms. The number of hydrogen-bond donors (Lipinski definition) is 1. The molecule has 3 rings (SSSR count). The number of nitrogens with zero attached hydrogens (tertiary/aromatic N) is 2. The number of aryl methyl sites for hydroxylation is 1. The fourth-order valence-electron chi connectivity index (χ4n) is 4.68. The van der Waals surface area contributed by atoms with Gasteiger partial charge >= 0.3 is 0 Å². The largest absolute Gasteiger partial charge is 0.354 e. The third kappa shape index (κ3) is 5.62.